The molecule has 0 radical (unpaired) electrons. The van der Waals surface area contributed by atoms with E-state index in [0.717, 1.165) is 20.7 Å². The summed E-state index contributed by atoms with van der Waals surface area (Å²) in [6.07, 6.45) is 1.42. The molecule has 2 aromatic heterocycles. The number of aryl methyl sites for hydroxylation is 2. The number of hydrogen-bond donors (Lipinski definition) is 2. The third-order valence-corrected chi connectivity index (χ3v) is 3.45. The summed E-state index contributed by atoms with van der Waals surface area (Å²) in [5, 5.41) is 9.34. The molecule has 0 aliphatic rings. The lowest BCUT2D eigenvalue weighted by atomic mass is 10.2. The number of carboxylic acid groups (broad SMARTS) is 1. The molecule has 7 heteroatoms. The van der Waals surface area contributed by atoms with Gasteiger partial charge in [0.25, 0.3) is 0 Å². The van der Waals surface area contributed by atoms with Crippen molar-refractivity contribution in [3.05, 3.63) is 16.8 Å². The maximum atomic E-state index is 10.3. The molecular weight excluding hydrogens is 242 g/mol. The first-order valence-electron chi connectivity index (χ1n) is 4.90. The molecule has 6 nitrogen and oxygen atoms in total. The monoisotopic (exact) mass is 253 g/mol. The van der Waals surface area contributed by atoms with Gasteiger partial charge in [0.2, 0.25) is 0 Å². The number of carboxylic acids is 1. The Labute approximate surface area is 101 Å². The number of thiophene rings is 1. The van der Waals surface area contributed by atoms with E-state index in [1.165, 1.54) is 6.33 Å². The highest BCUT2D eigenvalue weighted by molar-refractivity contribution is 7.18. The van der Waals surface area contributed by atoms with Crippen LogP contribution in [-0.2, 0) is 9.63 Å². The molecule has 2 aromatic rings. The minimum Gasteiger partial charge on any atom is -0.479 e. The average molecular weight is 253 g/mol. The van der Waals surface area contributed by atoms with Gasteiger partial charge in [-0.2, -0.15) is 0 Å². The molecule has 0 aliphatic carbocycles. The van der Waals surface area contributed by atoms with Gasteiger partial charge >= 0.3 is 5.97 Å². The van der Waals surface area contributed by atoms with E-state index in [1.807, 2.05) is 13.8 Å². The van der Waals surface area contributed by atoms with Gasteiger partial charge in [0.05, 0.1) is 5.39 Å². The Hall–Kier alpha value is -1.73. The van der Waals surface area contributed by atoms with Gasteiger partial charge in [-0.15, -0.1) is 11.3 Å². The Morgan fingerprint density at radius 3 is 3.00 bits per heavy atom. The lowest BCUT2D eigenvalue weighted by Crippen LogP contribution is -2.12. The Morgan fingerprint density at radius 2 is 2.29 bits per heavy atom. The fourth-order valence-electron chi connectivity index (χ4n) is 1.43. The number of anilines is 1. The van der Waals surface area contributed by atoms with E-state index in [2.05, 4.69) is 15.4 Å². The van der Waals surface area contributed by atoms with Gasteiger partial charge < -0.3 is 5.11 Å². The van der Waals surface area contributed by atoms with Crippen LogP contribution in [0.4, 0.5) is 5.82 Å². The number of rotatable bonds is 4. The second-order valence-electron chi connectivity index (χ2n) is 3.47. The average Bonchev–Trinajstić information content (AvgIpc) is 2.55. The largest absolute Gasteiger partial charge is 0.479 e. The summed E-state index contributed by atoms with van der Waals surface area (Å²) in [6, 6.07) is 0. The van der Waals surface area contributed by atoms with E-state index in [9.17, 15) is 4.79 Å². The zero-order valence-corrected chi connectivity index (χ0v) is 10.2. The van der Waals surface area contributed by atoms with Crippen LogP contribution in [0.15, 0.2) is 6.33 Å². The van der Waals surface area contributed by atoms with Crippen LogP contribution in [0.25, 0.3) is 10.2 Å². The van der Waals surface area contributed by atoms with Crippen LogP contribution in [0.3, 0.4) is 0 Å². The SMILES string of the molecule is Cc1sc2ncnc(NOCC(=O)O)c2c1C. The molecule has 17 heavy (non-hydrogen) atoms. The summed E-state index contributed by atoms with van der Waals surface area (Å²) >= 11 is 1.57. The minimum absolute atomic E-state index is 0.423. The van der Waals surface area contributed by atoms with E-state index >= 15 is 0 Å². The molecule has 0 bridgehead atoms. The fraction of sp³-hybridized carbons (Fsp3) is 0.300. The second kappa shape index (κ2) is 4.64. The van der Waals surface area contributed by atoms with Crippen LogP contribution in [0, 0.1) is 13.8 Å². The molecule has 0 aromatic carbocycles. The first-order valence-corrected chi connectivity index (χ1v) is 5.71. The van der Waals surface area contributed by atoms with Crippen LogP contribution in [-0.4, -0.2) is 27.7 Å². The standard InChI is InChI=1S/C10H11N3O3S/c1-5-6(2)17-10-8(5)9(11-4-12-10)13-16-3-7(14)15/h4H,3H2,1-2H3,(H,14,15)(H,11,12,13). The van der Waals surface area contributed by atoms with Gasteiger partial charge in [-0.1, -0.05) is 0 Å². The molecule has 0 saturated heterocycles. The zero-order chi connectivity index (χ0) is 12.4. The van der Waals surface area contributed by atoms with Gasteiger partial charge in [0, 0.05) is 4.88 Å². The van der Waals surface area contributed by atoms with Crippen molar-refractivity contribution in [1.29, 1.82) is 0 Å². The lowest BCUT2D eigenvalue weighted by molar-refractivity contribution is -0.141. The zero-order valence-electron chi connectivity index (χ0n) is 9.35. The molecule has 0 spiro atoms. The number of nitrogens with one attached hydrogen (secondary N) is 1. The predicted octanol–water partition coefficient (Wildman–Crippen LogP) is 1.74. The second-order valence-corrected chi connectivity index (χ2v) is 4.67. The third-order valence-electron chi connectivity index (χ3n) is 2.33. The lowest BCUT2D eigenvalue weighted by Gasteiger charge is -2.05. The number of hydrogen-bond acceptors (Lipinski definition) is 6. The molecule has 90 valence electrons. The van der Waals surface area contributed by atoms with Crippen molar-refractivity contribution < 1.29 is 14.7 Å². The molecule has 0 unspecified atom stereocenters. The van der Waals surface area contributed by atoms with Crippen molar-refractivity contribution in [2.24, 2.45) is 0 Å². The number of carbonyl (C=O) groups is 1. The van der Waals surface area contributed by atoms with E-state index in [0.29, 0.717) is 5.82 Å². The van der Waals surface area contributed by atoms with Crippen molar-refractivity contribution in [2.75, 3.05) is 12.1 Å². The summed E-state index contributed by atoms with van der Waals surface area (Å²) < 4.78 is 0. The highest BCUT2D eigenvalue weighted by Crippen LogP contribution is 2.32. The van der Waals surface area contributed by atoms with Crippen molar-refractivity contribution in [3.8, 4) is 0 Å². The van der Waals surface area contributed by atoms with E-state index in [4.69, 9.17) is 9.94 Å². The summed E-state index contributed by atoms with van der Waals surface area (Å²) in [5.74, 6) is -0.542. The summed E-state index contributed by atoms with van der Waals surface area (Å²) in [4.78, 5) is 25.4. The van der Waals surface area contributed by atoms with Crippen LogP contribution in [0.1, 0.15) is 10.4 Å². The number of aliphatic carboxylic acids is 1. The van der Waals surface area contributed by atoms with Crippen LogP contribution in [0.2, 0.25) is 0 Å². The van der Waals surface area contributed by atoms with Gasteiger partial charge in [-0.25, -0.2) is 20.2 Å². The van der Waals surface area contributed by atoms with Crippen molar-refractivity contribution in [2.45, 2.75) is 13.8 Å². The molecular formula is C10H11N3O3S. The van der Waals surface area contributed by atoms with Crippen LogP contribution in [0.5, 0.6) is 0 Å². The van der Waals surface area contributed by atoms with Crippen LogP contribution < -0.4 is 5.48 Å². The fourth-order valence-corrected chi connectivity index (χ4v) is 2.42. The Kier molecular flexibility index (Phi) is 3.21. The summed E-state index contributed by atoms with van der Waals surface area (Å²) in [6.45, 7) is 3.55. The highest BCUT2D eigenvalue weighted by Gasteiger charge is 2.11. The van der Waals surface area contributed by atoms with Gasteiger partial charge in [0.1, 0.15) is 11.2 Å². The van der Waals surface area contributed by atoms with Crippen molar-refractivity contribution >= 4 is 33.3 Å². The van der Waals surface area contributed by atoms with Gasteiger partial charge in [0.15, 0.2) is 12.4 Å². The maximum absolute atomic E-state index is 10.3. The number of aromatic nitrogens is 2. The van der Waals surface area contributed by atoms with E-state index in [1.54, 1.807) is 11.3 Å². The molecule has 0 fully saturated rings. The molecule has 0 amide bonds. The first-order chi connectivity index (χ1) is 8.09. The molecule has 2 N–H and O–H groups in total. The van der Waals surface area contributed by atoms with Crippen molar-refractivity contribution in [1.82, 2.24) is 9.97 Å². The normalized spacial score (nSPS) is 10.7. The third kappa shape index (κ3) is 2.34. The van der Waals surface area contributed by atoms with Gasteiger partial charge in [-0.3, -0.25) is 4.84 Å². The van der Waals surface area contributed by atoms with Crippen molar-refractivity contribution in [3.63, 3.8) is 0 Å². The first kappa shape index (κ1) is 11.7. The maximum Gasteiger partial charge on any atom is 0.332 e. The summed E-state index contributed by atoms with van der Waals surface area (Å²) in [7, 11) is 0. The molecule has 2 rings (SSSR count). The Morgan fingerprint density at radius 1 is 1.53 bits per heavy atom. The van der Waals surface area contributed by atoms with E-state index < -0.39 is 12.6 Å². The summed E-state index contributed by atoms with van der Waals surface area (Å²) in [5.41, 5.74) is 3.62. The van der Waals surface area contributed by atoms with Crippen LogP contribution >= 0.6 is 11.3 Å². The predicted molar refractivity (Wildman–Crippen MR) is 64.1 cm³/mol. The molecule has 0 atom stereocenters. The minimum atomic E-state index is -1.04. The molecule has 0 aliphatic heterocycles. The number of nitrogens with zero attached hydrogens (tertiary/aromatic N) is 2. The Balaban J connectivity index is 2.30. The number of fused-ring (bicyclic) bond motifs is 1. The smallest absolute Gasteiger partial charge is 0.332 e. The molecule has 2 heterocycles. The van der Waals surface area contributed by atoms with Gasteiger partial charge in [-0.05, 0) is 19.4 Å². The quantitative estimate of drug-likeness (QED) is 0.807. The Bertz CT molecular complexity index is 567. The van der Waals surface area contributed by atoms with E-state index in [-0.39, 0.29) is 0 Å². The molecule has 0 saturated carbocycles. The topological polar surface area (TPSA) is 84.3 Å². The highest BCUT2D eigenvalue weighted by atomic mass is 32.1.